The molecule has 6 nitrogen and oxygen atoms in total. The van der Waals surface area contributed by atoms with Gasteiger partial charge in [-0.3, -0.25) is 9.69 Å². The maximum absolute atomic E-state index is 13.0. The molecule has 1 amide bonds. The molecule has 122 valence electrons. The van der Waals surface area contributed by atoms with Crippen LogP contribution in [0.25, 0.3) is 5.65 Å². The van der Waals surface area contributed by atoms with Crippen LogP contribution in [0.15, 0.2) is 24.8 Å². The van der Waals surface area contributed by atoms with Crippen molar-refractivity contribution in [2.45, 2.75) is 51.2 Å². The number of nitrogens with zero attached hydrogens (tertiary/aromatic N) is 5. The van der Waals surface area contributed by atoms with Crippen LogP contribution in [0.5, 0.6) is 0 Å². The predicted octanol–water partition coefficient (Wildman–Crippen LogP) is 1.82. The first-order chi connectivity index (χ1) is 11.1. The van der Waals surface area contributed by atoms with Gasteiger partial charge in [0.2, 0.25) is 0 Å². The van der Waals surface area contributed by atoms with Gasteiger partial charge in [-0.2, -0.15) is 0 Å². The van der Waals surface area contributed by atoms with Gasteiger partial charge in [-0.15, -0.1) is 0 Å². The summed E-state index contributed by atoms with van der Waals surface area (Å²) in [5.74, 6) is 0.0121. The van der Waals surface area contributed by atoms with E-state index in [-0.39, 0.29) is 5.91 Å². The van der Waals surface area contributed by atoms with Crippen LogP contribution in [0.2, 0.25) is 0 Å². The molecular formula is C17H23N5O. The van der Waals surface area contributed by atoms with Crippen molar-refractivity contribution < 1.29 is 4.79 Å². The highest BCUT2D eigenvalue weighted by atomic mass is 16.2. The Hall–Kier alpha value is -1.95. The fourth-order valence-corrected chi connectivity index (χ4v) is 4.29. The lowest BCUT2D eigenvalue weighted by molar-refractivity contribution is 0.0724. The van der Waals surface area contributed by atoms with Gasteiger partial charge in [-0.05, 0) is 33.1 Å². The highest BCUT2D eigenvalue weighted by Gasteiger charge is 2.40. The SMILES string of the molecule is CC(C)N1[C@@H]2CC[C@@H]1CN(C(=O)c1nccn3ccnc13)CC2. The molecule has 0 N–H and O–H groups in total. The molecule has 0 radical (unpaired) electrons. The summed E-state index contributed by atoms with van der Waals surface area (Å²) >= 11 is 0. The first-order valence-electron chi connectivity index (χ1n) is 8.49. The van der Waals surface area contributed by atoms with E-state index in [9.17, 15) is 4.79 Å². The summed E-state index contributed by atoms with van der Waals surface area (Å²) in [5, 5.41) is 0. The maximum atomic E-state index is 13.0. The van der Waals surface area contributed by atoms with Crippen molar-refractivity contribution in [1.82, 2.24) is 24.2 Å². The van der Waals surface area contributed by atoms with Gasteiger partial charge in [0.15, 0.2) is 11.3 Å². The molecule has 0 aliphatic carbocycles. The van der Waals surface area contributed by atoms with Crippen molar-refractivity contribution in [2.24, 2.45) is 0 Å². The number of carbonyl (C=O) groups is 1. The molecule has 0 saturated carbocycles. The second-order valence-corrected chi connectivity index (χ2v) is 6.90. The van der Waals surface area contributed by atoms with E-state index in [1.165, 1.54) is 12.8 Å². The Balaban J connectivity index is 1.61. The van der Waals surface area contributed by atoms with Crippen molar-refractivity contribution in [2.75, 3.05) is 13.1 Å². The lowest BCUT2D eigenvalue weighted by atomic mass is 10.1. The van der Waals surface area contributed by atoms with Crippen LogP contribution >= 0.6 is 0 Å². The van der Waals surface area contributed by atoms with Crippen molar-refractivity contribution in [3.63, 3.8) is 0 Å². The zero-order valence-electron chi connectivity index (χ0n) is 13.7. The topological polar surface area (TPSA) is 53.7 Å². The number of aromatic nitrogens is 3. The molecule has 2 bridgehead atoms. The summed E-state index contributed by atoms with van der Waals surface area (Å²) in [6.45, 7) is 6.13. The van der Waals surface area contributed by atoms with Crippen LogP contribution in [0.4, 0.5) is 0 Å². The first kappa shape index (κ1) is 14.6. The largest absolute Gasteiger partial charge is 0.336 e. The van der Waals surface area contributed by atoms with E-state index in [0.717, 1.165) is 19.5 Å². The van der Waals surface area contributed by atoms with E-state index >= 15 is 0 Å². The molecule has 4 rings (SSSR count). The number of hydrogen-bond donors (Lipinski definition) is 0. The number of hydrogen-bond acceptors (Lipinski definition) is 4. The molecule has 2 aliphatic rings. The monoisotopic (exact) mass is 313 g/mol. The molecule has 2 saturated heterocycles. The fraction of sp³-hybridized carbons (Fsp3) is 0.588. The second-order valence-electron chi connectivity index (χ2n) is 6.90. The molecule has 4 heterocycles. The number of amides is 1. The highest BCUT2D eigenvalue weighted by molar-refractivity contribution is 5.97. The lowest BCUT2D eigenvalue weighted by Gasteiger charge is -2.32. The standard InChI is InChI=1S/C17H23N5O/c1-12(2)22-13-3-4-14(22)11-21(8-5-13)17(23)15-16-19-7-10-20(16)9-6-18-15/h6-7,9-10,12-14H,3-5,8,11H2,1-2H3/t13-,14-/m1/s1. The van der Waals surface area contributed by atoms with Crippen LogP contribution in [-0.2, 0) is 0 Å². The number of imidazole rings is 1. The van der Waals surface area contributed by atoms with Gasteiger partial charge in [0.1, 0.15) is 0 Å². The average Bonchev–Trinajstić information content (AvgIpc) is 3.10. The highest BCUT2D eigenvalue weighted by Crippen LogP contribution is 2.32. The third-order valence-electron chi connectivity index (χ3n) is 5.24. The third kappa shape index (κ3) is 2.41. The van der Waals surface area contributed by atoms with E-state index in [1.54, 1.807) is 12.4 Å². The summed E-state index contributed by atoms with van der Waals surface area (Å²) in [6.07, 6.45) is 10.6. The normalized spacial score (nSPS) is 25.3. The van der Waals surface area contributed by atoms with Crippen LogP contribution in [0, 0.1) is 0 Å². The van der Waals surface area contributed by atoms with Gasteiger partial charge < -0.3 is 9.30 Å². The second kappa shape index (κ2) is 5.60. The summed E-state index contributed by atoms with van der Waals surface area (Å²) in [7, 11) is 0. The summed E-state index contributed by atoms with van der Waals surface area (Å²) in [4.78, 5) is 26.2. The van der Waals surface area contributed by atoms with E-state index < -0.39 is 0 Å². The Morgan fingerprint density at radius 1 is 1.13 bits per heavy atom. The molecule has 23 heavy (non-hydrogen) atoms. The van der Waals surface area contributed by atoms with E-state index in [1.807, 2.05) is 21.7 Å². The van der Waals surface area contributed by atoms with Gasteiger partial charge in [0.25, 0.3) is 5.91 Å². The quantitative estimate of drug-likeness (QED) is 0.848. The molecule has 0 aromatic carbocycles. The number of carbonyl (C=O) groups excluding carboxylic acids is 1. The Kier molecular flexibility index (Phi) is 3.56. The van der Waals surface area contributed by atoms with Gasteiger partial charge in [-0.25, -0.2) is 9.97 Å². The van der Waals surface area contributed by atoms with Crippen molar-refractivity contribution in [3.05, 3.63) is 30.5 Å². The average molecular weight is 313 g/mol. The number of rotatable bonds is 2. The van der Waals surface area contributed by atoms with Crippen LogP contribution in [0.3, 0.4) is 0 Å². The third-order valence-corrected chi connectivity index (χ3v) is 5.24. The number of fused-ring (bicyclic) bond motifs is 3. The molecule has 0 unspecified atom stereocenters. The fourth-order valence-electron chi connectivity index (χ4n) is 4.29. The zero-order chi connectivity index (χ0) is 16.0. The van der Waals surface area contributed by atoms with Crippen molar-refractivity contribution in [3.8, 4) is 0 Å². The Labute approximate surface area is 136 Å². The molecule has 2 aromatic heterocycles. The summed E-state index contributed by atoms with van der Waals surface area (Å²) in [5.41, 5.74) is 1.11. The summed E-state index contributed by atoms with van der Waals surface area (Å²) < 4.78 is 1.85. The van der Waals surface area contributed by atoms with Gasteiger partial charge in [-0.1, -0.05) is 0 Å². The van der Waals surface area contributed by atoms with Gasteiger partial charge >= 0.3 is 0 Å². The van der Waals surface area contributed by atoms with Crippen molar-refractivity contribution in [1.29, 1.82) is 0 Å². The smallest absolute Gasteiger partial charge is 0.276 e. The van der Waals surface area contributed by atoms with Crippen LogP contribution < -0.4 is 0 Å². The minimum Gasteiger partial charge on any atom is -0.336 e. The molecule has 6 heteroatoms. The van der Waals surface area contributed by atoms with E-state index in [0.29, 0.717) is 29.5 Å². The Bertz CT molecular complexity index is 725. The van der Waals surface area contributed by atoms with E-state index in [2.05, 4.69) is 28.7 Å². The number of likely N-dealkylation sites (tertiary alicyclic amines) is 1. The predicted molar refractivity (Wildman–Crippen MR) is 87.3 cm³/mol. The molecule has 2 fully saturated rings. The van der Waals surface area contributed by atoms with Crippen LogP contribution in [0.1, 0.15) is 43.6 Å². The maximum Gasteiger partial charge on any atom is 0.276 e. The zero-order valence-corrected chi connectivity index (χ0v) is 13.7. The van der Waals surface area contributed by atoms with Crippen molar-refractivity contribution >= 4 is 11.6 Å². The first-order valence-corrected chi connectivity index (χ1v) is 8.49. The molecule has 2 atom stereocenters. The van der Waals surface area contributed by atoms with E-state index in [4.69, 9.17) is 0 Å². The molecule has 2 aromatic rings. The van der Waals surface area contributed by atoms with Gasteiger partial charge in [0, 0.05) is 56.0 Å². The van der Waals surface area contributed by atoms with Gasteiger partial charge in [0.05, 0.1) is 0 Å². The molecule has 2 aliphatic heterocycles. The van der Waals surface area contributed by atoms with Crippen LogP contribution in [-0.4, -0.2) is 61.3 Å². The summed E-state index contributed by atoms with van der Waals surface area (Å²) in [6, 6.07) is 1.63. The molecular weight excluding hydrogens is 290 g/mol. The Morgan fingerprint density at radius 2 is 1.87 bits per heavy atom. The molecule has 0 spiro atoms. The minimum absolute atomic E-state index is 0.0121. The Morgan fingerprint density at radius 3 is 2.65 bits per heavy atom. The minimum atomic E-state index is 0.0121. The lowest BCUT2D eigenvalue weighted by Crippen LogP contribution is -2.44.